The van der Waals surface area contributed by atoms with Crippen LogP contribution in [0.25, 0.3) is 0 Å². The molecule has 0 atom stereocenters. The summed E-state index contributed by atoms with van der Waals surface area (Å²) >= 11 is 0. The van der Waals surface area contributed by atoms with E-state index in [1.807, 2.05) is 24.3 Å². The maximum Gasteiger partial charge on any atom is 0.255 e. The van der Waals surface area contributed by atoms with Crippen molar-refractivity contribution in [1.29, 1.82) is 0 Å². The van der Waals surface area contributed by atoms with E-state index in [-0.39, 0.29) is 5.91 Å². The average molecular weight is 362 g/mol. The van der Waals surface area contributed by atoms with Crippen LogP contribution in [0.4, 0.5) is 5.69 Å². The summed E-state index contributed by atoms with van der Waals surface area (Å²) in [6, 6.07) is 18.3. The predicted molar refractivity (Wildman–Crippen MR) is 106 cm³/mol. The lowest BCUT2D eigenvalue weighted by Crippen LogP contribution is -2.13. The second-order valence-electron chi connectivity index (χ2n) is 6.03. The largest absolute Gasteiger partial charge is 0.497 e. The van der Waals surface area contributed by atoms with E-state index < -0.39 is 0 Å². The van der Waals surface area contributed by atoms with Crippen LogP contribution in [0.15, 0.2) is 66.9 Å². The molecule has 1 amide bonds. The summed E-state index contributed by atoms with van der Waals surface area (Å²) in [4.78, 5) is 16.8. The van der Waals surface area contributed by atoms with Crippen molar-refractivity contribution in [2.45, 2.75) is 19.8 Å². The first kappa shape index (κ1) is 18.5. The molecule has 5 nitrogen and oxygen atoms in total. The van der Waals surface area contributed by atoms with Gasteiger partial charge in [0.1, 0.15) is 17.2 Å². The lowest BCUT2D eigenvalue weighted by molar-refractivity contribution is 0.102. The Balaban J connectivity index is 1.73. The second kappa shape index (κ2) is 8.85. The summed E-state index contributed by atoms with van der Waals surface area (Å²) in [7, 11) is 1.61. The molecule has 3 rings (SSSR count). The first-order chi connectivity index (χ1) is 13.2. The average Bonchev–Trinajstić information content (AvgIpc) is 2.71. The number of aromatic nitrogens is 1. The van der Waals surface area contributed by atoms with E-state index in [9.17, 15) is 4.79 Å². The summed E-state index contributed by atoms with van der Waals surface area (Å²) in [6.07, 6.45) is 3.70. The number of hydrogen-bond donors (Lipinski definition) is 1. The molecule has 0 saturated carbocycles. The zero-order valence-corrected chi connectivity index (χ0v) is 15.4. The Morgan fingerprint density at radius 1 is 1.00 bits per heavy atom. The number of pyridine rings is 1. The molecule has 3 aromatic rings. The van der Waals surface area contributed by atoms with Gasteiger partial charge in [-0.05, 0) is 60.5 Å². The summed E-state index contributed by atoms with van der Waals surface area (Å²) < 4.78 is 11.0. The molecule has 0 saturated heterocycles. The first-order valence-electron chi connectivity index (χ1n) is 8.87. The number of nitrogens with one attached hydrogen (secondary N) is 1. The third kappa shape index (κ3) is 4.85. The fourth-order valence-electron chi connectivity index (χ4n) is 2.63. The molecule has 2 aromatic carbocycles. The van der Waals surface area contributed by atoms with Gasteiger partial charge in [0.2, 0.25) is 5.88 Å². The van der Waals surface area contributed by atoms with E-state index in [4.69, 9.17) is 9.47 Å². The van der Waals surface area contributed by atoms with E-state index in [1.165, 1.54) is 5.56 Å². The van der Waals surface area contributed by atoms with Gasteiger partial charge in [0.15, 0.2) is 0 Å². The minimum Gasteiger partial charge on any atom is -0.497 e. The maximum absolute atomic E-state index is 12.6. The van der Waals surface area contributed by atoms with Gasteiger partial charge in [-0.3, -0.25) is 4.79 Å². The Bertz CT molecular complexity index is 890. The van der Waals surface area contributed by atoms with Crippen LogP contribution in [-0.4, -0.2) is 18.0 Å². The monoisotopic (exact) mass is 362 g/mol. The van der Waals surface area contributed by atoms with Crippen molar-refractivity contribution >= 4 is 11.6 Å². The number of hydrogen-bond acceptors (Lipinski definition) is 4. The van der Waals surface area contributed by atoms with Crippen LogP contribution in [0.2, 0.25) is 0 Å². The van der Waals surface area contributed by atoms with E-state index in [1.54, 1.807) is 49.7 Å². The van der Waals surface area contributed by atoms with Crippen LogP contribution in [-0.2, 0) is 6.42 Å². The lowest BCUT2D eigenvalue weighted by atomic mass is 10.1. The van der Waals surface area contributed by atoms with Crippen molar-refractivity contribution in [2.24, 2.45) is 0 Å². The molecule has 0 aliphatic heterocycles. The number of amides is 1. The summed E-state index contributed by atoms with van der Waals surface area (Å²) in [5, 5.41) is 2.87. The number of rotatable bonds is 7. The lowest BCUT2D eigenvalue weighted by Gasteiger charge is -2.11. The van der Waals surface area contributed by atoms with Crippen molar-refractivity contribution in [1.82, 2.24) is 4.98 Å². The topological polar surface area (TPSA) is 60.5 Å². The van der Waals surface area contributed by atoms with Gasteiger partial charge in [0, 0.05) is 11.8 Å². The molecule has 27 heavy (non-hydrogen) atoms. The smallest absolute Gasteiger partial charge is 0.255 e. The molecule has 1 N–H and O–H groups in total. The third-order valence-electron chi connectivity index (χ3n) is 4.05. The van der Waals surface area contributed by atoms with Crippen molar-refractivity contribution < 1.29 is 14.3 Å². The van der Waals surface area contributed by atoms with E-state index in [2.05, 4.69) is 17.2 Å². The summed E-state index contributed by atoms with van der Waals surface area (Å²) in [6.45, 7) is 2.13. The Labute approximate surface area is 159 Å². The number of anilines is 1. The molecular weight excluding hydrogens is 340 g/mol. The molecule has 0 radical (unpaired) electrons. The third-order valence-corrected chi connectivity index (χ3v) is 4.05. The number of methoxy groups -OCH3 is 1. The van der Waals surface area contributed by atoms with Crippen LogP contribution in [0.5, 0.6) is 17.4 Å². The Hall–Kier alpha value is -3.34. The number of carbonyl (C=O) groups is 1. The number of nitrogens with zero attached hydrogens (tertiary/aromatic N) is 1. The van der Waals surface area contributed by atoms with Crippen LogP contribution in [0.1, 0.15) is 29.3 Å². The van der Waals surface area contributed by atoms with E-state index in [0.29, 0.717) is 22.9 Å². The van der Waals surface area contributed by atoms with Gasteiger partial charge < -0.3 is 14.8 Å². The molecule has 0 bridgehead atoms. The number of ether oxygens (including phenoxy) is 2. The highest BCUT2D eigenvalue weighted by Crippen LogP contribution is 2.28. The highest BCUT2D eigenvalue weighted by Gasteiger charge is 2.12. The Kier molecular flexibility index (Phi) is 6.05. The van der Waals surface area contributed by atoms with Crippen LogP contribution in [0, 0.1) is 0 Å². The Morgan fingerprint density at radius 2 is 1.70 bits per heavy atom. The SMILES string of the molecule is CCCc1ccc(C(=O)Nc2cccnc2Oc2ccc(OC)cc2)cc1. The highest BCUT2D eigenvalue weighted by molar-refractivity contribution is 6.04. The Morgan fingerprint density at radius 3 is 2.37 bits per heavy atom. The van der Waals surface area contributed by atoms with Crippen LogP contribution < -0.4 is 14.8 Å². The molecule has 138 valence electrons. The molecular formula is C22H22N2O3. The molecule has 1 heterocycles. The summed E-state index contributed by atoms with van der Waals surface area (Å²) in [5.74, 6) is 1.47. The molecule has 0 fully saturated rings. The fourth-order valence-corrected chi connectivity index (χ4v) is 2.63. The van der Waals surface area contributed by atoms with Crippen molar-refractivity contribution in [3.63, 3.8) is 0 Å². The van der Waals surface area contributed by atoms with Crippen molar-refractivity contribution in [3.05, 3.63) is 78.0 Å². The van der Waals surface area contributed by atoms with Gasteiger partial charge in [0.25, 0.3) is 5.91 Å². The van der Waals surface area contributed by atoms with E-state index in [0.717, 1.165) is 18.6 Å². The van der Waals surface area contributed by atoms with Crippen LogP contribution >= 0.6 is 0 Å². The standard InChI is InChI=1S/C22H22N2O3/c1-3-5-16-7-9-17(10-8-16)21(25)24-20-6-4-15-23-22(20)27-19-13-11-18(26-2)12-14-19/h4,6-15H,3,5H2,1-2H3,(H,24,25). The van der Waals surface area contributed by atoms with E-state index >= 15 is 0 Å². The van der Waals surface area contributed by atoms with Gasteiger partial charge in [-0.1, -0.05) is 25.5 Å². The van der Waals surface area contributed by atoms with Crippen molar-refractivity contribution in [2.75, 3.05) is 12.4 Å². The summed E-state index contributed by atoms with van der Waals surface area (Å²) in [5.41, 5.74) is 2.32. The molecule has 0 unspecified atom stereocenters. The fraction of sp³-hybridized carbons (Fsp3) is 0.182. The van der Waals surface area contributed by atoms with Crippen LogP contribution in [0.3, 0.4) is 0 Å². The minimum absolute atomic E-state index is 0.203. The second-order valence-corrected chi connectivity index (χ2v) is 6.03. The molecule has 0 aliphatic carbocycles. The quantitative estimate of drug-likeness (QED) is 0.636. The van der Waals surface area contributed by atoms with Gasteiger partial charge >= 0.3 is 0 Å². The zero-order valence-electron chi connectivity index (χ0n) is 15.4. The molecule has 0 aliphatic rings. The molecule has 0 spiro atoms. The first-order valence-corrected chi connectivity index (χ1v) is 8.87. The normalized spacial score (nSPS) is 10.3. The highest BCUT2D eigenvalue weighted by atomic mass is 16.5. The molecule has 5 heteroatoms. The number of carbonyl (C=O) groups excluding carboxylic acids is 1. The van der Waals surface area contributed by atoms with Gasteiger partial charge in [-0.15, -0.1) is 0 Å². The van der Waals surface area contributed by atoms with Crippen molar-refractivity contribution in [3.8, 4) is 17.4 Å². The predicted octanol–water partition coefficient (Wildman–Crippen LogP) is 5.09. The van der Waals surface area contributed by atoms with Gasteiger partial charge in [-0.2, -0.15) is 0 Å². The van der Waals surface area contributed by atoms with Gasteiger partial charge in [-0.25, -0.2) is 4.98 Å². The zero-order chi connectivity index (χ0) is 19.1. The number of benzene rings is 2. The maximum atomic E-state index is 12.6. The minimum atomic E-state index is -0.203. The van der Waals surface area contributed by atoms with Gasteiger partial charge in [0.05, 0.1) is 7.11 Å². The molecule has 1 aromatic heterocycles. The number of aryl methyl sites for hydroxylation is 1.